The van der Waals surface area contributed by atoms with Crippen molar-refractivity contribution in [2.75, 3.05) is 0 Å². The molecule has 0 radical (unpaired) electrons. The molecule has 2 aliphatic carbocycles. The van der Waals surface area contributed by atoms with E-state index < -0.39 is 0 Å². The minimum absolute atomic E-state index is 0.609. The molecule has 5 rings (SSSR count). The Balaban J connectivity index is 1.24. The summed E-state index contributed by atoms with van der Waals surface area (Å²) in [4.78, 5) is 0. The molecule has 124 valence electrons. The van der Waals surface area contributed by atoms with Crippen LogP contribution in [0.15, 0.2) is 72.8 Å². The first kappa shape index (κ1) is 14.8. The van der Waals surface area contributed by atoms with E-state index in [-0.39, 0.29) is 0 Å². The van der Waals surface area contributed by atoms with Gasteiger partial charge in [0.15, 0.2) is 0 Å². The summed E-state index contributed by atoms with van der Waals surface area (Å²) in [5.74, 6) is 3.84. The van der Waals surface area contributed by atoms with Crippen molar-refractivity contribution in [3.63, 3.8) is 0 Å². The van der Waals surface area contributed by atoms with Crippen LogP contribution in [0.4, 0.5) is 0 Å². The predicted molar refractivity (Wildman–Crippen MR) is 102 cm³/mol. The average molecular weight is 326 g/mol. The van der Waals surface area contributed by atoms with Crippen molar-refractivity contribution in [1.29, 1.82) is 0 Å². The zero-order valence-electron chi connectivity index (χ0n) is 14.5. The van der Waals surface area contributed by atoms with Crippen molar-refractivity contribution in [3.8, 4) is 16.9 Å². The molecular weight excluding hydrogens is 304 g/mol. The van der Waals surface area contributed by atoms with Gasteiger partial charge in [0.05, 0.1) is 0 Å². The second-order valence-corrected chi connectivity index (χ2v) is 7.51. The molecule has 2 unspecified atom stereocenters. The van der Waals surface area contributed by atoms with E-state index in [1.807, 2.05) is 0 Å². The quantitative estimate of drug-likeness (QED) is 0.561. The lowest BCUT2D eigenvalue weighted by Gasteiger charge is -2.09. The number of aryl methyl sites for hydroxylation is 1. The Morgan fingerprint density at radius 1 is 0.760 bits per heavy atom. The molecule has 3 aromatic rings. The van der Waals surface area contributed by atoms with Crippen molar-refractivity contribution < 1.29 is 4.74 Å². The van der Waals surface area contributed by atoms with E-state index in [9.17, 15) is 0 Å². The highest BCUT2D eigenvalue weighted by atomic mass is 16.5. The van der Waals surface area contributed by atoms with E-state index in [0.29, 0.717) is 6.61 Å². The van der Waals surface area contributed by atoms with Crippen LogP contribution in [-0.2, 0) is 6.61 Å². The fourth-order valence-corrected chi connectivity index (χ4v) is 3.76. The normalized spacial score (nSPS) is 23.0. The van der Waals surface area contributed by atoms with Gasteiger partial charge in [-0.3, -0.25) is 0 Å². The summed E-state index contributed by atoms with van der Waals surface area (Å²) < 4.78 is 5.90. The highest BCUT2D eigenvalue weighted by Gasteiger charge is 2.64. The van der Waals surface area contributed by atoms with Gasteiger partial charge in [-0.05, 0) is 65.5 Å². The second-order valence-electron chi connectivity index (χ2n) is 7.51. The van der Waals surface area contributed by atoms with E-state index in [2.05, 4.69) is 79.7 Å². The van der Waals surface area contributed by atoms with E-state index in [4.69, 9.17) is 4.74 Å². The largest absolute Gasteiger partial charge is 0.489 e. The first-order valence-electron chi connectivity index (χ1n) is 9.17. The van der Waals surface area contributed by atoms with E-state index in [0.717, 1.165) is 23.5 Å². The summed E-state index contributed by atoms with van der Waals surface area (Å²) in [5.41, 5.74) is 6.53. The highest BCUT2D eigenvalue weighted by Crippen LogP contribution is 2.73. The van der Waals surface area contributed by atoms with E-state index in [1.54, 1.807) is 0 Å². The van der Waals surface area contributed by atoms with Crippen molar-refractivity contribution in [2.45, 2.75) is 25.9 Å². The van der Waals surface area contributed by atoms with Crippen molar-refractivity contribution in [2.24, 2.45) is 11.8 Å². The van der Waals surface area contributed by atoms with Crippen LogP contribution in [0.3, 0.4) is 0 Å². The van der Waals surface area contributed by atoms with Gasteiger partial charge in [0.1, 0.15) is 12.4 Å². The van der Waals surface area contributed by atoms with Crippen molar-refractivity contribution in [1.82, 2.24) is 0 Å². The molecule has 1 heteroatoms. The number of ether oxygens (including phenoxy) is 1. The lowest BCUT2D eigenvalue weighted by atomic mass is 9.99. The first-order chi connectivity index (χ1) is 12.3. The number of fused-ring (bicyclic) bond motifs is 1. The predicted octanol–water partition coefficient (Wildman–Crippen LogP) is 5.97. The van der Waals surface area contributed by atoms with Crippen LogP contribution in [0.1, 0.15) is 29.0 Å². The Morgan fingerprint density at radius 2 is 1.36 bits per heavy atom. The van der Waals surface area contributed by atoms with Crippen molar-refractivity contribution in [3.05, 3.63) is 89.5 Å². The molecule has 3 aromatic carbocycles. The molecule has 0 heterocycles. The average Bonchev–Trinajstić information content (AvgIpc) is 3.55. The van der Waals surface area contributed by atoms with Gasteiger partial charge in [-0.25, -0.2) is 0 Å². The van der Waals surface area contributed by atoms with Gasteiger partial charge in [-0.2, -0.15) is 0 Å². The number of rotatable bonds is 5. The standard InChI is InChI=1S/C24H22O/c1-16-2-4-17(5-3-16)15-25-21-12-10-19(11-13-21)18-6-8-20(9-7-18)24-22-14-23(22)24/h2-13,22-24H,14-15H2,1H3. The van der Waals surface area contributed by atoms with Gasteiger partial charge in [-0.1, -0.05) is 66.2 Å². The molecule has 0 aromatic heterocycles. The molecule has 0 saturated heterocycles. The third-order valence-corrected chi connectivity index (χ3v) is 5.68. The SMILES string of the molecule is Cc1ccc(COc2ccc(-c3ccc(C4C5CC54)cc3)cc2)cc1. The molecule has 2 fully saturated rings. The summed E-state index contributed by atoms with van der Waals surface area (Å²) in [7, 11) is 0. The Hall–Kier alpha value is -2.54. The van der Waals surface area contributed by atoms with Crippen LogP contribution in [0.25, 0.3) is 11.1 Å². The number of hydrogen-bond donors (Lipinski definition) is 0. The fraction of sp³-hybridized carbons (Fsp3) is 0.250. The maximum Gasteiger partial charge on any atom is 0.119 e. The van der Waals surface area contributed by atoms with Crippen LogP contribution >= 0.6 is 0 Å². The van der Waals surface area contributed by atoms with Crippen molar-refractivity contribution >= 4 is 0 Å². The molecule has 0 spiro atoms. The Kier molecular flexibility index (Phi) is 3.41. The number of benzene rings is 3. The summed E-state index contributed by atoms with van der Waals surface area (Å²) in [6.45, 7) is 2.71. The van der Waals surface area contributed by atoms with Crippen LogP contribution in [0, 0.1) is 18.8 Å². The van der Waals surface area contributed by atoms with Gasteiger partial charge < -0.3 is 4.74 Å². The molecule has 1 nitrogen and oxygen atoms in total. The fourth-order valence-electron chi connectivity index (χ4n) is 3.76. The Morgan fingerprint density at radius 3 is 1.92 bits per heavy atom. The maximum atomic E-state index is 5.90. The molecule has 0 amide bonds. The summed E-state index contributed by atoms with van der Waals surface area (Å²) in [5, 5.41) is 0. The van der Waals surface area contributed by atoms with E-state index >= 15 is 0 Å². The molecule has 0 N–H and O–H groups in total. The molecule has 2 atom stereocenters. The summed E-state index contributed by atoms with van der Waals surface area (Å²) in [6, 6.07) is 26.0. The molecule has 0 aliphatic heterocycles. The lowest BCUT2D eigenvalue weighted by Crippen LogP contribution is -1.95. The van der Waals surface area contributed by atoms with Gasteiger partial charge in [0.2, 0.25) is 0 Å². The maximum absolute atomic E-state index is 5.90. The minimum Gasteiger partial charge on any atom is -0.489 e. The molecular formula is C24H22O. The lowest BCUT2D eigenvalue weighted by molar-refractivity contribution is 0.306. The van der Waals surface area contributed by atoms with Gasteiger partial charge in [0.25, 0.3) is 0 Å². The first-order valence-corrected chi connectivity index (χ1v) is 9.17. The second kappa shape index (κ2) is 5.77. The third-order valence-electron chi connectivity index (χ3n) is 5.68. The molecule has 2 saturated carbocycles. The van der Waals surface area contributed by atoms with Gasteiger partial charge in [-0.15, -0.1) is 0 Å². The van der Waals surface area contributed by atoms with Crippen LogP contribution in [0.5, 0.6) is 5.75 Å². The zero-order valence-corrected chi connectivity index (χ0v) is 14.5. The molecule has 2 aliphatic rings. The molecule has 25 heavy (non-hydrogen) atoms. The van der Waals surface area contributed by atoms with Crippen LogP contribution < -0.4 is 4.74 Å². The zero-order chi connectivity index (χ0) is 16.8. The number of hydrogen-bond acceptors (Lipinski definition) is 1. The minimum atomic E-state index is 0.609. The summed E-state index contributed by atoms with van der Waals surface area (Å²) in [6.07, 6.45) is 1.47. The van der Waals surface area contributed by atoms with Gasteiger partial charge in [0, 0.05) is 0 Å². The third kappa shape index (κ3) is 2.95. The van der Waals surface area contributed by atoms with Crippen LogP contribution in [0.2, 0.25) is 0 Å². The topological polar surface area (TPSA) is 9.23 Å². The monoisotopic (exact) mass is 326 g/mol. The van der Waals surface area contributed by atoms with Crippen LogP contribution in [-0.4, -0.2) is 0 Å². The smallest absolute Gasteiger partial charge is 0.119 e. The summed E-state index contributed by atoms with van der Waals surface area (Å²) >= 11 is 0. The Bertz CT molecular complexity index is 867. The highest BCUT2D eigenvalue weighted by molar-refractivity contribution is 5.64. The Labute approximate surface area is 149 Å². The van der Waals surface area contributed by atoms with Gasteiger partial charge >= 0.3 is 0 Å². The molecule has 0 bridgehead atoms. The van der Waals surface area contributed by atoms with E-state index in [1.165, 1.54) is 34.2 Å².